The molecule has 2 N–H and O–H groups in total. The van der Waals surface area contributed by atoms with E-state index in [-0.39, 0.29) is 0 Å². The molecule has 0 heterocycles. The van der Waals surface area contributed by atoms with Crippen LogP contribution in [-0.4, -0.2) is 23.7 Å². The van der Waals surface area contributed by atoms with Gasteiger partial charge in [-0.05, 0) is 69.3 Å². The van der Waals surface area contributed by atoms with Crippen LogP contribution in [0.25, 0.3) is 0 Å². The largest absolute Gasteiger partial charge is 0.481 e. The number of carbonyl (C=O) groups is 1. The van der Waals surface area contributed by atoms with Gasteiger partial charge in [0.1, 0.15) is 0 Å². The summed E-state index contributed by atoms with van der Waals surface area (Å²) in [5, 5.41) is 12.6. The van der Waals surface area contributed by atoms with Crippen LogP contribution in [0.5, 0.6) is 0 Å². The number of carboxylic acids is 1. The van der Waals surface area contributed by atoms with Crippen LogP contribution >= 0.6 is 15.9 Å². The van der Waals surface area contributed by atoms with Crippen LogP contribution in [0.4, 0.5) is 0 Å². The van der Waals surface area contributed by atoms with Crippen LogP contribution < -0.4 is 5.32 Å². The van der Waals surface area contributed by atoms with E-state index in [1.807, 2.05) is 0 Å². The Kier molecular flexibility index (Phi) is 4.86. The maximum atomic E-state index is 11.1. The minimum Gasteiger partial charge on any atom is -0.481 e. The molecule has 3 nitrogen and oxygen atoms in total. The van der Waals surface area contributed by atoms with Gasteiger partial charge < -0.3 is 10.4 Å². The highest BCUT2D eigenvalue weighted by Gasteiger charge is 2.27. The highest BCUT2D eigenvalue weighted by atomic mass is 79.9. The lowest BCUT2D eigenvalue weighted by Crippen LogP contribution is -2.37. The van der Waals surface area contributed by atoms with E-state index in [4.69, 9.17) is 5.11 Å². The smallest absolute Gasteiger partial charge is 0.309 e. The van der Waals surface area contributed by atoms with Crippen molar-refractivity contribution in [1.29, 1.82) is 0 Å². The molecule has 4 heteroatoms. The number of halogens is 1. The van der Waals surface area contributed by atoms with Gasteiger partial charge in [-0.15, -0.1) is 0 Å². The van der Waals surface area contributed by atoms with E-state index in [2.05, 4.69) is 39.4 Å². The quantitative estimate of drug-likeness (QED) is 0.864. The summed E-state index contributed by atoms with van der Waals surface area (Å²) in [7, 11) is 0. The molecule has 1 aromatic rings. The third-order valence-electron chi connectivity index (χ3n) is 4.16. The number of fused-ring (bicyclic) bond motifs is 1. The number of nitrogens with one attached hydrogen (secondary N) is 1. The molecule has 0 spiro atoms. The van der Waals surface area contributed by atoms with E-state index in [1.54, 1.807) is 13.8 Å². The first-order valence-corrected chi connectivity index (χ1v) is 7.92. The van der Waals surface area contributed by atoms with E-state index in [0.29, 0.717) is 12.5 Å². The maximum absolute atomic E-state index is 11.1. The number of aryl methyl sites for hydroxylation is 1. The summed E-state index contributed by atoms with van der Waals surface area (Å²) in [6.07, 6.45) is 3.91. The van der Waals surface area contributed by atoms with Gasteiger partial charge in [-0.25, -0.2) is 0 Å². The Bertz CT molecular complexity index is 499. The summed E-state index contributed by atoms with van der Waals surface area (Å²) in [4.78, 5) is 11.1. The molecule has 0 radical (unpaired) electrons. The summed E-state index contributed by atoms with van der Waals surface area (Å²) in [6, 6.07) is 6.95. The van der Waals surface area contributed by atoms with Crippen molar-refractivity contribution in [3.63, 3.8) is 0 Å². The first kappa shape index (κ1) is 15.5. The van der Waals surface area contributed by atoms with Crippen LogP contribution in [0, 0.1) is 5.41 Å². The van der Waals surface area contributed by atoms with Crippen molar-refractivity contribution in [2.24, 2.45) is 5.41 Å². The van der Waals surface area contributed by atoms with Crippen LogP contribution in [0.15, 0.2) is 22.7 Å². The Morgan fingerprint density at radius 1 is 1.45 bits per heavy atom. The van der Waals surface area contributed by atoms with E-state index in [0.717, 1.165) is 30.3 Å². The molecular weight excluding hydrogens is 318 g/mol. The van der Waals surface area contributed by atoms with E-state index >= 15 is 0 Å². The lowest BCUT2D eigenvalue weighted by molar-refractivity contribution is -0.147. The minimum absolute atomic E-state index is 0.466. The maximum Gasteiger partial charge on any atom is 0.309 e. The molecular formula is C16H22BrNO2. The molecule has 0 amide bonds. The predicted octanol–water partition coefficient (Wildman–Crippen LogP) is 3.40. The van der Waals surface area contributed by atoms with Crippen LogP contribution in [-0.2, 0) is 17.6 Å². The van der Waals surface area contributed by atoms with E-state index < -0.39 is 11.4 Å². The van der Waals surface area contributed by atoms with Crippen LogP contribution in [0.2, 0.25) is 0 Å². The first-order chi connectivity index (χ1) is 9.38. The SMILES string of the molecule is CC(C)(CCNC1CCc2cc(Br)ccc2C1)C(=O)O. The van der Waals surface area contributed by atoms with Gasteiger partial charge in [0.15, 0.2) is 0 Å². The standard InChI is InChI=1S/C16H22BrNO2/c1-16(2,15(19)20)7-8-18-14-6-4-11-9-13(17)5-3-12(11)10-14/h3,5,9,14,18H,4,6-8,10H2,1-2H3,(H,19,20). The normalized spacial score (nSPS) is 18.6. The number of carboxylic acid groups (broad SMARTS) is 1. The average Bonchev–Trinajstić information content (AvgIpc) is 2.38. The van der Waals surface area contributed by atoms with Gasteiger partial charge in [0.25, 0.3) is 0 Å². The number of hydrogen-bond donors (Lipinski definition) is 2. The van der Waals surface area contributed by atoms with Crippen LogP contribution in [0.1, 0.15) is 37.8 Å². The van der Waals surface area contributed by atoms with Gasteiger partial charge in [0, 0.05) is 10.5 Å². The van der Waals surface area contributed by atoms with Crippen molar-refractivity contribution < 1.29 is 9.90 Å². The van der Waals surface area contributed by atoms with E-state index in [1.165, 1.54) is 11.1 Å². The number of benzene rings is 1. The second kappa shape index (κ2) is 6.27. The van der Waals surface area contributed by atoms with Gasteiger partial charge in [0.2, 0.25) is 0 Å². The van der Waals surface area contributed by atoms with Crippen LogP contribution in [0.3, 0.4) is 0 Å². The number of rotatable bonds is 5. The Hall–Kier alpha value is -0.870. The topological polar surface area (TPSA) is 49.3 Å². The molecule has 0 aromatic heterocycles. The van der Waals surface area contributed by atoms with Gasteiger partial charge in [-0.1, -0.05) is 22.0 Å². The zero-order valence-electron chi connectivity index (χ0n) is 12.1. The number of aliphatic carboxylic acids is 1. The van der Waals surface area contributed by atoms with E-state index in [9.17, 15) is 4.79 Å². The fourth-order valence-corrected chi connectivity index (χ4v) is 3.00. The lowest BCUT2D eigenvalue weighted by atomic mass is 9.87. The fourth-order valence-electron chi connectivity index (χ4n) is 2.59. The second-order valence-corrected chi connectivity index (χ2v) is 7.16. The van der Waals surface area contributed by atoms with Crippen molar-refractivity contribution in [2.75, 3.05) is 6.54 Å². The lowest BCUT2D eigenvalue weighted by Gasteiger charge is -2.27. The van der Waals surface area contributed by atoms with Gasteiger partial charge >= 0.3 is 5.97 Å². The molecule has 0 aliphatic heterocycles. The third kappa shape index (κ3) is 3.83. The highest BCUT2D eigenvalue weighted by Crippen LogP contribution is 2.25. The summed E-state index contributed by atoms with van der Waals surface area (Å²) in [5.74, 6) is -0.724. The van der Waals surface area contributed by atoms with Crippen molar-refractivity contribution in [2.45, 2.75) is 45.6 Å². The molecule has 110 valence electrons. The third-order valence-corrected chi connectivity index (χ3v) is 4.65. The summed E-state index contributed by atoms with van der Waals surface area (Å²) in [6.45, 7) is 4.32. The first-order valence-electron chi connectivity index (χ1n) is 7.12. The molecule has 1 aliphatic rings. The molecule has 0 fully saturated rings. The van der Waals surface area contributed by atoms with Gasteiger partial charge in [0.05, 0.1) is 5.41 Å². The molecule has 0 bridgehead atoms. The highest BCUT2D eigenvalue weighted by molar-refractivity contribution is 9.10. The average molecular weight is 340 g/mol. The Labute approximate surface area is 128 Å². The van der Waals surface area contributed by atoms with Gasteiger partial charge in [-0.3, -0.25) is 4.79 Å². The second-order valence-electron chi connectivity index (χ2n) is 6.25. The predicted molar refractivity (Wildman–Crippen MR) is 84.0 cm³/mol. The summed E-state index contributed by atoms with van der Waals surface area (Å²) in [5.41, 5.74) is 2.20. The molecule has 0 saturated heterocycles. The monoisotopic (exact) mass is 339 g/mol. The Morgan fingerprint density at radius 2 is 2.20 bits per heavy atom. The molecule has 1 unspecified atom stereocenters. The molecule has 20 heavy (non-hydrogen) atoms. The zero-order chi connectivity index (χ0) is 14.8. The van der Waals surface area contributed by atoms with Crippen molar-refractivity contribution in [1.82, 2.24) is 5.32 Å². The molecule has 1 aliphatic carbocycles. The Balaban J connectivity index is 1.85. The zero-order valence-corrected chi connectivity index (χ0v) is 13.7. The molecule has 1 atom stereocenters. The number of hydrogen-bond acceptors (Lipinski definition) is 2. The molecule has 2 rings (SSSR count). The Morgan fingerprint density at radius 3 is 2.90 bits per heavy atom. The molecule has 1 aromatic carbocycles. The minimum atomic E-state index is -0.724. The van der Waals surface area contributed by atoms with Crippen molar-refractivity contribution in [3.8, 4) is 0 Å². The summed E-state index contributed by atoms with van der Waals surface area (Å²) >= 11 is 3.51. The van der Waals surface area contributed by atoms with Gasteiger partial charge in [-0.2, -0.15) is 0 Å². The fraction of sp³-hybridized carbons (Fsp3) is 0.562. The van der Waals surface area contributed by atoms with Crippen molar-refractivity contribution in [3.05, 3.63) is 33.8 Å². The molecule has 0 saturated carbocycles. The summed E-state index contributed by atoms with van der Waals surface area (Å²) < 4.78 is 1.14. The van der Waals surface area contributed by atoms with Crippen molar-refractivity contribution >= 4 is 21.9 Å².